The summed E-state index contributed by atoms with van der Waals surface area (Å²) in [4.78, 5) is 24.1. The lowest BCUT2D eigenvalue weighted by atomic mass is 10.3. The molecule has 5 nitrogen and oxygen atoms in total. The number of carbonyl (C=O) groups excluding carboxylic acids is 2. The van der Waals surface area contributed by atoms with Crippen LogP contribution in [0.15, 0.2) is 22.8 Å². The zero-order valence-electron chi connectivity index (χ0n) is 8.60. The third-order valence-electron chi connectivity index (χ3n) is 1.94. The molecule has 0 bridgehead atoms. The van der Waals surface area contributed by atoms with Crippen LogP contribution in [-0.2, 0) is 4.79 Å². The molecule has 82 valence electrons. The van der Waals surface area contributed by atoms with Gasteiger partial charge in [0.2, 0.25) is 5.91 Å². The van der Waals surface area contributed by atoms with Crippen molar-refractivity contribution in [2.45, 2.75) is 13.3 Å². The second-order valence-electron chi connectivity index (χ2n) is 3.10. The number of carbonyl (C=O) groups is 2. The molecule has 1 heterocycles. The molecule has 0 saturated heterocycles. The van der Waals surface area contributed by atoms with Gasteiger partial charge in [0.25, 0.3) is 5.91 Å². The third-order valence-corrected chi connectivity index (χ3v) is 1.94. The summed E-state index contributed by atoms with van der Waals surface area (Å²) in [6.45, 7) is 2.11. The first-order chi connectivity index (χ1) is 7.16. The number of nitrogens with zero attached hydrogens (tertiary/aromatic N) is 1. The summed E-state index contributed by atoms with van der Waals surface area (Å²) in [7, 11) is 0. The molecule has 0 aliphatic heterocycles. The smallest absolute Gasteiger partial charge is 0.296 e. The summed E-state index contributed by atoms with van der Waals surface area (Å²) < 4.78 is 4.93. The van der Waals surface area contributed by atoms with Gasteiger partial charge in [-0.15, -0.1) is 0 Å². The maximum absolute atomic E-state index is 11.7. The average Bonchev–Trinajstić information content (AvgIpc) is 2.70. The van der Waals surface area contributed by atoms with E-state index in [1.165, 1.54) is 19.3 Å². The highest BCUT2D eigenvalue weighted by atomic mass is 16.3. The summed E-state index contributed by atoms with van der Waals surface area (Å²) in [6, 6.07) is 3.13. The Kier molecular flexibility index (Phi) is 4.05. The lowest BCUT2D eigenvalue weighted by Crippen LogP contribution is -2.36. The van der Waals surface area contributed by atoms with Crippen LogP contribution in [0.5, 0.6) is 0 Å². The normalized spacial score (nSPS) is 10.0. The van der Waals surface area contributed by atoms with E-state index in [1.807, 2.05) is 0 Å². The molecule has 1 aromatic heterocycles. The van der Waals surface area contributed by atoms with Crippen LogP contribution >= 0.6 is 0 Å². The van der Waals surface area contributed by atoms with E-state index in [4.69, 9.17) is 10.2 Å². The predicted octanol–water partition coefficient (Wildman–Crippen LogP) is 0.617. The van der Waals surface area contributed by atoms with Crippen molar-refractivity contribution >= 4 is 11.8 Å². The summed E-state index contributed by atoms with van der Waals surface area (Å²) >= 11 is 0. The van der Waals surface area contributed by atoms with Crippen LogP contribution in [0.1, 0.15) is 23.9 Å². The molecule has 0 spiro atoms. The molecule has 0 saturated carbocycles. The number of hydrogen-bond donors (Lipinski definition) is 1. The van der Waals surface area contributed by atoms with Gasteiger partial charge in [-0.1, -0.05) is 0 Å². The summed E-state index contributed by atoms with van der Waals surface area (Å²) in [6.07, 6.45) is 1.99. The van der Waals surface area contributed by atoms with Crippen LogP contribution in [0.2, 0.25) is 0 Å². The van der Waals surface area contributed by atoms with E-state index in [-0.39, 0.29) is 11.7 Å². The zero-order chi connectivity index (χ0) is 11.3. The number of imide groups is 1. The summed E-state index contributed by atoms with van der Waals surface area (Å²) in [5.41, 5.74) is 5.32. The highest BCUT2D eigenvalue weighted by Crippen LogP contribution is 2.06. The molecular weight excluding hydrogens is 196 g/mol. The molecule has 1 rings (SSSR count). The van der Waals surface area contributed by atoms with Crippen LogP contribution in [0.25, 0.3) is 0 Å². The number of furan rings is 1. The highest BCUT2D eigenvalue weighted by Gasteiger charge is 2.20. The Morgan fingerprint density at radius 2 is 2.27 bits per heavy atom. The number of nitrogens with two attached hydrogens (primary N) is 1. The Balaban J connectivity index is 2.72. The lowest BCUT2D eigenvalue weighted by Gasteiger charge is -2.16. The van der Waals surface area contributed by atoms with E-state index in [0.717, 1.165) is 4.90 Å². The maximum Gasteiger partial charge on any atom is 0.296 e. The van der Waals surface area contributed by atoms with E-state index >= 15 is 0 Å². The van der Waals surface area contributed by atoms with Crippen LogP contribution in [0.4, 0.5) is 0 Å². The van der Waals surface area contributed by atoms with Crippen molar-refractivity contribution < 1.29 is 14.0 Å². The van der Waals surface area contributed by atoms with Gasteiger partial charge in [-0.3, -0.25) is 14.5 Å². The van der Waals surface area contributed by atoms with Crippen LogP contribution in [0, 0.1) is 0 Å². The molecule has 0 aromatic carbocycles. The Labute approximate surface area is 87.8 Å². The summed E-state index contributed by atoms with van der Waals surface area (Å²) in [5.74, 6) is -0.548. The van der Waals surface area contributed by atoms with Gasteiger partial charge in [-0.25, -0.2) is 0 Å². The molecule has 0 aliphatic rings. The lowest BCUT2D eigenvalue weighted by molar-refractivity contribution is -0.126. The van der Waals surface area contributed by atoms with Gasteiger partial charge >= 0.3 is 0 Å². The van der Waals surface area contributed by atoms with Crippen LogP contribution in [-0.4, -0.2) is 29.8 Å². The molecule has 0 unspecified atom stereocenters. The second kappa shape index (κ2) is 5.31. The third kappa shape index (κ3) is 2.92. The molecule has 2 N–H and O–H groups in total. The van der Waals surface area contributed by atoms with Gasteiger partial charge in [0.1, 0.15) is 0 Å². The SMILES string of the molecule is CC(=O)N(CCCN)C(=O)c1ccco1. The van der Waals surface area contributed by atoms with Gasteiger partial charge in [0.05, 0.1) is 6.26 Å². The van der Waals surface area contributed by atoms with Crippen molar-refractivity contribution in [1.29, 1.82) is 0 Å². The molecule has 0 fully saturated rings. The van der Waals surface area contributed by atoms with E-state index < -0.39 is 5.91 Å². The molecule has 0 atom stereocenters. The summed E-state index contributed by atoms with van der Waals surface area (Å²) in [5, 5.41) is 0. The molecular formula is C10H14N2O3. The minimum Gasteiger partial charge on any atom is -0.459 e. The van der Waals surface area contributed by atoms with Crippen molar-refractivity contribution in [3.8, 4) is 0 Å². The zero-order valence-corrected chi connectivity index (χ0v) is 8.60. The Morgan fingerprint density at radius 1 is 1.53 bits per heavy atom. The first kappa shape index (κ1) is 11.5. The Morgan fingerprint density at radius 3 is 2.73 bits per heavy atom. The van der Waals surface area contributed by atoms with Gasteiger partial charge in [0, 0.05) is 13.5 Å². The van der Waals surface area contributed by atoms with E-state index in [9.17, 15) is 9.59 Å². The highest BCUT2D eigenvalue weighted by molar-refractivity contribution is 6.02. The van der Waals surface area contributed by atoms with Crippen LogP contribution in [0.3, 0.4) is 0 Å². The van der Waals surface area contributed by atoms with Crippen molar-refractivity contribution in [3.63, 3.8) is 0 Å². The predicted molar refractivity (Wildman–Crippen MR) is 54.1 cm³/mol. The topological polar surface area (TPSA) is 76.5 Å². The molecule has 1 aromatic rings. The quantitative estimate of drug-likeness (QED) is 0.790. The molecule has 5 heteroatoms. The molecule has 2 amide bonds. The maximum atomic E-state index is 11.7. The number of hydrogen-bond acceptors (Lipinski definition) is 4. The number of amides is 2. The first-order valence-electron chi connectivity index (χ1n) is 4.73. The van der Waals surface area contributed by atoms with Crippen molar-refractivity contribution in [2.24, 2.45) is 5.73 Å². The van der Waals surface area contributed by atoms with E-state index in [1.54, 1.807) is 6.07 Å². The monoisotopic (exact) mass is 210 g/mol. The van der Waals surface area contributed by atoms with E-state index in [0.29, 0.717) is 19.5 Å². The molecule has 15 heavy (non-hydrogen) atoms. The van der Waals surface area contributed by atoms with Crippen molar-refractivity contribution in [2.75, 3.05) is 13.1 Å². The Bertz CT molecular complexity index is 332. The van der Waals surface area contributed by atoms with Crippen molar-refractivity contribution in [1.82, 2.24) is 4.90 Å². The van der Waals surface area contributed by atoms with Gasteiger partial charge in [-0.05, 0) is 25.1 Å². The van der Waals surface area contributed by atoms with Crippen molar-refractivity contribution in [3.05, 3.63) is 24.2 Å². The van der Waals surface area contributed by atoms with Gasteiger partial charge in [-0.2, -0.15) is 0 Å². The minimum atomic E-state index is -0.416. The fourth-order valence-corrected chi connectivity index (χ4v) is 1.18. The van der Waals surface area contributed by atoms with Crippen LogP contribution < -0.4 is 5.73 Å². The molecule has 0 aliphatic carbocycles. The largest absolute Gasteiger partial charge is 0.459 e. The standard InChI is InChI=1S/C10H14N2O3/c1-8(13)12(6-3-5-11)10(14)9-4-2-7-15-9/h2,4,7H,3,5-6,11H2,1H3. The Hall–Kier alpha value is -1.62. The van der Waals surface area contributed by atoms with E-state index in [2.05, 4.69) is 0 Å². The molecule has 0 radical (unpaired) electrons. The first-order valence-corrected chi connectivity index (χ1v) is 4.73. The van der Waals surface area contributed by atoms with Gasteiger partial charge in [0.15, 0.2) is 5.76 Å². The average molecular weight is 210 g/mol. The minimum absolute atomic E-state index is 0.169. The fraction of sp³-hybridized carbons (Fsp3) is 0.400. The fourth-order valence-electron chi connectivity index (χ4n) is 1.18. The van der Waals surface area contributed by atoms with Gasteiger partial charge < -0.3 is 10.2 Å². The second-order valence-corrected chi connectivity index (χ2v) is 3.10. The number of rotatable bonds is 4.